The normalized spacial score (nSPS) is 10.6. The van der Waals surface area contributed by atoms with E-state index in [1.807, 2.05) is 12.1 Å². The summed E-state index contributed by atoms with van der Waals surface area (Å²) in [5.41, 5.74) is 0.756. The third-order valence-corrected chi connectivity index (χ3v) is 3.59. The number of halogens is 1. The lowest BCUT2D eigenvalue weighted by atomic mass is 10.4. The van der Waals surface area contributed by atoms with E-state index in [-0.39, 0.29) is 6.61 Å². The fraction of sp³-hybridized carbons (Fsp3) is 0.182. The summed E-state index contributed by atoms with van der Waals surface area (Å²) in [6, 6.07) is 8.16. The smallest absolute Gasteiger partial charge is 0.116 e. The Hall–Kier alpha value is -0.780. The summed E-state index contributed by atoms with van der Waals surface area (Å²) in [4.78, 5) is 8.43. The maximum absolute atomic E-state index is 8.88. The molecule has 0 atom stereocenters. The number of aromatic nitrogens is 2. The number of aromatic amines is 1. The Bertz CT molecular complexity index is 455. The second-order valence-electron chi connectivity index (χ2n) is 3.26. The number of H-pyrrole nitrogens is 1. The number of thioether (sulfide) groups is 1. The molecule has 0 aliphatic carbocycles. The van der Waals surface area contributed by atoms with Crippen LogP contribution < -0.4 is 0 Å². The first-order chi connectivity index (χ1) is 7.78. The Balaban J connectivity index is 1.94. The van der Waals surface area contributed by atoms with Crippen LogP contribution in [0.4, 0.5) is 0 Å². The van der Waals surface area contributed by atoms with Gasteiger partial charge in [0, 0.05) is 9.37 Å². The van der Waals surface area contributed by atoms with Gasteiger partial charge in [-0.05, 0) is 24.3 Å². The van der Waals surface area contributed by atoms with Crippen molar-refractivity contribution in [2.45, 2.75) is 17.3 Å². The number of benzene rings is 1. The monoisotopic (exact) mass is 298 g/mol. The number of imidazole rings is 1. The van der Waals surface area contributed by atoms with Gasteiger partial charge in [-0.2, -0.15) is 0 Å². The Kier molecular flexibility index (Phi) is 4.04. The average molecular weight is 299 g/mol. The Labute approximate surface area is 106 Å². The molecule has 0 radical (unpaired) electrons. The van der Waals surface area contributed by atoms with Crippen molar-refractivity contribution in [1.82, 2.24) is 9.97 Å². The molecule has 0 aliphatic rings. The van der Waals surface area contributed by atoms with Gasteiger partial charge in [-0.15, -0.1) is 11.8 Å². The largest absolute Gasteiger partial charge is 0.390 e. The number of aliphatic hydroxyl groups is 1. The summed E-state index contributed by atoms with van der Waals surface area (Å²) in [6.45, 7) is 0.00987. The van der Waals surface area contributed by atoms with E-state index in [4.69, 9.17) is 5.11 Å². The molecule has 1 heterocycles. The van der Waals surface area contributed by atoms with Crippen LogP contribution in [0.3, 0.4) is 0 Å². The van der Waals surface area contributed by atoms with Crippen LogP contribution in [0.1, 0.15) is 11.5 Å². The molecule has 2 aromatic rings. The number of nitrogens with zero attached hydrogens (tertiary/aromatic N) is 1. The molecule has 0 aliphatic heterocycles. The Morgan fingerprint density at radius 3 is 2.69 bits per heavy atom. The average Bonchev–Trinajstić information content (AvgIpc) is 2.76. The fourth-order valence-corrected chi connectivity index (χ4v) is 2.28. The quantitative estimate of drug-likeness (QED) is 0.853. The Morgan fingerprint density at radius 2 is 2.06 bits per heavy atom. The molecule has 5 heteroatoms. The summed E-state index contributed by atoms with van der Waals surface area (Å²) in [7, 11) is 0. The van der Waals surface area contributed by atoms with Crippen LogP contribution in [0.15, 0.2) is 39.8 Å². The van der Waals surface area contributed by atoms with Crippen LogP contribution in [0, 0.1) is 0 Å². The van der Waals surface area contributed by atoms with Gasteiger partial charge in [0.05, 0.1) is 24.3 Å². The van der Waals surface area contributed by atoms with Crippen molar-refractivity contribution in [1.29, 1.82) is 0 Å². The molecular weight excluding hydrogens is 288 g/mol. The summed E-state index contributed by atoms with van der Waals surface area (Å²) >= 11 is 5.11. The van der Waals surface area contributed by atoms with Crippen LogP contribution in [-0.2, 0) is 12.4 Å². The molecular formula is C11H11BrN2OS. The second-order valence-corrected chi connectivity index (χ2v) is 5.22. The van der Waals surface area contributed by atoms with E-state index in [2.05, 4.69) is 38.0 Å². The van der Waals surface area contributed by atoms with Crippen LogP contribution in [0.2, 0.25) is 0 Å². The molecule has 16 heavy (non-hydrogen) atoms. The lowest BCUT2D eigenvalue weighted by Crippen LogP contribution is -1.85. The molecule has 1 aromatic heterocycles. The topological polar surface area (TPSA) is 48.9 Å². The van der Waals surface area contributed by atoms with Crippen molar-refractivity contribution in [3.05, 3.63) is 46.5 Å². The van der Waals surface area contributed by atoms with E-state index in [0.717, 1.165) is 21.7 Å². The minimum absolute atomic E-state index is 0.00987. The number of nitrogens with one attached hydrogen (secondary N) is 1. The van der Waals surface area contributed by atoms with Crippen molar-refractivity contribution in [2.24, 2.45) is 0 Å². The van der Waals surface area contributed by atoms with Gasteiger partial charge in [-0.25, -0.2) is 4.98 Å². The van der Waals surface area contributed by atoms with Gasteiger partial charge in [0.25, 0.3) is 0 Å². The standard InChI is InChI=1S/C11H11BrN2OS/c12-8-1-3-10(4-2-8)16-7-11-13-5-9(6-15)14-11/h1-5,15H,6-7H2,(H,13,14). The summed E-state index contributed by atoms with van der Waals surface area (Å²) < 4.78 is 1.08. The molecule has 0 spiro atoms. The third kappa shape index (κ3) is 3.10. The first kappa shape index (κ1) is 11.7. The third-order valence-electron chi connectivity index (χ3n) is 2.04. The highest BCUT2D eigenvalue weighted by atomic mass is 79.9. The molecule has 84 valence electrons. The molecule has 0 saturated heterocycles. The first-order valence-electron chi connectivity index (χ1n) is 4.80. The SMILES string of the molecule is OCc1cnc(CSc2ccc(Br)cc2)[nH]1. The molecule has 2 rings (SSSR count). The van der Waals surface area contributed by atoms with Crippen LogP contribution in [0.25, 0.3) is 0 Å². The number of hydrogen-bond donors (Lipinski definition) is 2. The fourth-order valence-electron chi connectivity index (χ4n) is 1.24. The van der Waals surface area contributed by atoms with Gasteiger partial charge >= 0.3 is 0 Å². The molecule has 0 saturated carbocycles. The second kappa shape index (κ2) is 5.52. The van der Waals surface area contributed by atoms with Gasteiger partial charge in [-0.1, -0.05) is 15.9 Å². The van der Waals surface area contributed by atoms with Crippen LogP contribution in [-0.4, -0.2) is 15.1 Å². The van der Waals surface area contributed by atoms with E-state index in [0.29, 0.717) is 0 Å². The summed E-state index contributed by atoms with van der Waals surface area (Å²) in [5.74, 6) is 1.67. The van der Waals surface area contributed by atoms with Crippen LogP contribution in [0.5, 0.6) is 0 Å². The lowest BCUT2D eigenvalue weighted by molar-refractivity contribution is 0.277. The maximum Gasteiger partial charge on any atom is 0.116 e. The maximum atomic E-state index is 8.88. The Morgan fingerprint density at radius 1 is 1.31 bits per heavy atom. The summed E-state index contributed by atoms with van der Waals surface area (Å²) in [5, 5.41) is 8.88. The van der Waals surface area contributed by atoms with Crippen molar-refractivity contribution in [3.63, 3.8) is 0 Å². The highest BCUT2D eigenvalue weighted by molar-refractivity contribution is 9.10. The molecule has 2 N–H and O–H groups in total. The zero-order chi connectivity index (χ0) is 11.4. The first-order valence-corrected chi connectivity index (χ1v) is 6.58. The zero-order valence-electron chi connectivity index (χ0n) is 8.48. The van der Waals surface area contributed by atoms with E-state index < -0.39 is 0 Å². The number of hydrogen-bond acceptors (Lipinski definition) is 3. The highest BCUT2D eigenvalue weighted by Crippen LogP contribution is 2.23. The predicted octanol–water partition coefficient (Wildman–Crippen LogP) is 2.96. The molecule has 0 amide bonds. The predicted molar refractivity (Wildman–Crippen MR) is 68.2 cm³/mol. The van der Waals surface area contributed by atoms with Gasteiger partial charge < -0.3 is 10.1 Å². The van der Waals surface area contributed by atoms with E-state index in [9.17, 15) is 0 Å². The highest BCUT2D eigenvalue weighted by Gasteiger charge is 2.01. The molecule has 3 nitrogen and oxygen atoms in total. The zero-order valence-corrected chi connectivity index (χ0v) is 10.9. The summed E-state index contributed by atoms with van der Waals surface area (Å²) in [6.07, 6.45) is 1.66. The van der Waals surface area contributed by atoms with E-state index in [1.54, 1.807) is 18.0 Å². The van der Waals surface area contributed by atoms with Crippen LogP contribution >= 0.6 is 27.7 Å². The molecule has 0 bridgehead atoms. The number of aliphatic hydroxyl groups excluding tert-OH is 1. The number of rotatable bonds is 4. The minimum atomic E-state index is 0.00987. The van der Waals surface area contributed by atoms with Gasteiger partial charge in [-0.3, -0.25) is 0 Å². The van der Waals surface area contributed by atoms with Crippen molar-refractivity contribution >= 4 is 27.7 Å². The van der Waals surface area contributed by atoms with Gasteiger partial charge in [0.15, 0.2) is 0 Å². The van der Waals surface area contributed by atoms with Gasteiger partial charge in [0.2, 0.25) is 0 Å². The molecule has 0 fully saturated rings. The van der Waals surface area contributed by atoms with Crippen molar-refractivity contribution in [3.8, 4) is 0 Å². The van der Waals surface area contributed by atoms with E-state index in [1.165, 1.54) is 4.90 Å². The molecule has 0 unspecified atom stereocenters. The van der Waals surface area contributed by atoms with Gasteiger partial charge in [0.1, 0.15) is 5.82 Å². The van der Waals surface area contributed by atoms with Crippen molar-refractivity contribution in [2.75, 3.05) is 0 Å². The minimum Gasteiger partial charge on any atom is -0.390 e. The lowest BCUT2D eigenvalue weighted by Gasteiger charge is -1.99. The molecule has 1 aromatic carbocycles. The van der Waals surface area contributed by atoms with Crippen molar-refractivity contribution < 1.29 is 5.11 Å². The van der Waals surface area contributed by atoms with E-state index >= 15 is 0 Å².